The summed E-state index contributed by atoms with van der Waals surface area (Å²) in [5, 5.41) is 12.4. The van der Waals surface area contributed by atoms with Gasteiger partial charge in [-0.15, -0.1) is 10.2 Å². The molecular weight excluding hydrogens is 464 g/mol. The smallest absolute Gasteiger partial charge is 0.236 e. The highest BCUT2D eigenvalue weighted by molar-refractivity contribution is 9.10. The van der Waals surface area contributed by atoms with Gasteiger partial charge >= 0.3 is 0 Å². The number of aryl methyl sites for hydroxylation is 1. The Morgan fingerprint density at radius 3 is 2.57 bits per heavy atom. The number of rotatable bonds is 6. The molecular formula is C21H23BrN6OS. The third-order valence-corrected chi connectivity index (χ3v) is 6.27. The van der Waals surface area contributed by atoms with Crippen LogP contribution in [-0.2, 0) is 4.79 Å². The summed E-state index contributed by atoms with van der Waals surface area (Å²) in [4.78, 5) is 18.9. The molecule has 1 N–H and O–H groups in total. The zero-order valence-electron chi connectivity index (χ0n) is 16.7. The van der Waals surface area contributed by atoms with Gasteiger partial charge in [0.25, 0.3) is 0 Å². The number of halogens is 1. The largest absolute Gasteiger partial charge is 0.341 e. The predicted octanol–water partition coefficient (Wildman–Crippen LogP) is 4.45. The Morgan fingerprint density at radius 2 is 1.87 bits per heavy atom. The van der Waals surface area contributed by atoms with Gasteiger partial charge in [0.05, 0.1) is 11.4 Å². The van der Waals surface area contributed by atoms with Crippen LogP contribution in [0.2, 0.25) is 0 Å². The quantitative estimate of drug-likeness (QED) is 0.518. The molecule has 0 unspecified atom stereocenters. The van der Waals surface area contributed by atoms with E-state index in [4.69, 9.17) is 0 Å². The topological polar surface area (TPSA) is 75.9 Å². The van der Waals surface area contributed by atoms with E-state index in [1.807, 2.05) is 6.07 Å². The molecule has 7 nitrogen and oxygen atoms in total. The van der Waals surface area contributed by atoms with Crippen molar-refractivity contribution in [2.24, 2.45) is 0 Å². The maximum atomic E-state index is 12.4. The number of aromatic nitrogens is 4. The molecule has 0 atom stereocenters. The number of carbonyl (C=O) groups is 1. The summed E-state index contributed by atoms with van der Waals surface area (Å²) >= 11 is 4.72. The maximum absolute atomic E-state index is 12.4. The monoisotopic (exact) mass is 486 g/mol. The van der Waals surface area contributed by atoms with E-state index in [0.29, 0.717) is 11.0 Å². The number of pyridine rings is 1. The van der Waals surface area contributed by atoms with Crippen LogP contribution in [0, 0.1) is 6.92 Å². The molecule has 156 valence electrons. The third kappa shape index (κ3) is 5.02. The fourth-order valence-electron chi connectivity index (χ4n) is 3.33. The van der Waals surface area contributed by atoms with Crippen LogP contribution in [0.4, 0.5) is 11.8 Å². The molecule has 2 aromatic heterocycles. The lowest BCUT2D eigenvalue weighted by Gasteiger charge is -2.27. The Balaban J connectivity index is 1.53. The number of benzene rings is 1. The van der Waals surface area contributed by atoms with Gasteiger partial charge in [-0.05, 0) is 66.4 Å². The van der Waals surface area contributed by atoms with E-state index >= 15 is 0 Å². The first-order valence-corrected chi connectivity index (χ1v) is 11.7. The minimum absolute atomic E-state index is 0.132. The summed E-state index contributed by atoms with van der Waals surface area (Å²) in [5.74, 6) is 1.46. The van der Waals surface area contributed by atoms with Crippen molar-refractivity contribution in [1.82, 2.24) is 19.7 Å². The molecule has 3 aromatic rings. The number of piperidine rings is 1. The van der Waals surface area contributed by atoms with Gasteiger partial charge in [-0.2, -0.15) is 0 Å². The van der Waals surface area contributed by atoms with E-state index in [1.165, 1.54) is 23.7 Å². The Kier molecular flexibility index (Phi) is 6.69. The van der Waals surface area contributed by atoms with Gasteiger partial charge in [-0.25, -0.2) is 4.98 Å². The molecule has 0 radical (unpaired) electrons. The van der Waals surface area contributed by atoms with Gasteiger partial charge in [0.15, 0.2) is 5.16 Å². The summed E-state index contributed by atoms with van der Waals surface area (Å²) in [7, 11) is 0. The molecule has 1 aliphatic rings. The van der Waals surface area contributed by atoms with Gasteiger partial charge < -0.3 is 10.2 Å². The van der Waals surface area contributed by atoms with Gasteiger partial charge in [0, 0.05) is 23.8 Å². The average molecular weight is 487 g/mol. The molecule has 1 aliphatic heterocycles. The first-order chi connectivity index (χ1) is 14.6. The average Bonchev–Trinajstić information content (AvgIpc) is 3.19. The first kappa shape index (κ1) is 20.9. The first-order valence-electron chi connectivity index (χ1n) is 9.92. The summed E-state index contributed by atoms with van der Waals surface area (Å²) in [6.45, 7) is 4.02. The van der Waals surface area contributed by atoms with E-state index < -0.39 is 0 Å². The van der Waals surface area contributed by atoms with Crippen molar-refractivity contribution in [3.8, 4) is 5.69 Å². The highest BCUT2D eigenvalue weighted by atomic mass is 79.9. The number of carbonyl (C=O) groups excluding carboxylic acids is 1. The summed E-state index contributed by atoms with van der Waals surface area (Å²) in [6, 6.07) is 11.9. The van der Waals surface area contributed by atoms with Crippen LogP contribution in [0.1, 0.15) is 24.8 Å². The molecule has 4 rings (SSSR count). The molecule has 0 aliphatic carbocycles. The predicted molar refractivity (Wildman–Crippen MR) is 123 cm³/mol. The molecule has 0 bridgehead atoms. The zero-order chi connectivity index (χ0) is 20.9. The van der Waals surface area contributed by atoms with Crippen molar-refractivity contribution >= 4 is 45.4 Å². The molecule has 9 heteroatoms. The standard InChI is InChI=1S/C21H23BrN6OS/c1-15-5-8-17(9-6-15)28-20(27-11-3-2-4-12-27)25-26-21(28)30-14-19(29)24-18-10-7-16(22)13-23-18/h5-10,13H,2-4,11-12,14H2,1H3,(H,23,24,29). The summed E-state index contributed by atoms with van der Waals surface area (Å²) in [5.41, 5.74) is 2.20. The lowest BCUT2D eigenvalue weighted by molar-refractivity contribution is -0.113. The van der Waals surface area contributed by atoms with E-state index in [9.17, 15) is 4.79 Å². The van der Waals surface area contributed by atoms with Crippen LogP contribution in [0.15, 0.2) is 52.2 Å². The van der Waals surface area contributed by atoms with E-state index in [1.54, 1.807) is 12.3 Å². The molecule has 0 saturated carbocycles. The molecule has 3 heterocycles. The van der Waals surface area contributed by atoms with Crippen LogP contribution in [0.5, 0.6) is 0 Å². The van der Waals surface area contributed by atoms with Crippen LogP contribution in [0.3, 0.4) is 0 Å². The number of nitrogens with zero attached hydrogens (tertiary/aromatic N) is 5. The highest BCUT2D eigenvalue weighted by Crippen LogP contribution is 2.28. The van der Waals surface area contributed by atoms with Crippen LogP contribution in [-0.4, -0.2) is 44.5 Å². The van der Waals surface area contributed by atoms with Gasteiger partial charge in [0.1, 0.15) is 5.82 Å². The Bertz CT molecular complexity index is 999. The lowest BCUT2D eigenvalue weighted by atomic mass is 10.1. The maximum Gasteiger partial charge on any atom is 0.236 e. The molecule has 1 fully saturated rings. The zero-order valence-corrected chi connectivity index (χ0v) is 19.1. The van der Waals surface area contributed by atoms with Crippen LogP contribution in [0.25, 0.3) is 5.69 Å². The van der Waals surface area contributed by atoms with Gasteiger partial charge in [0.2, 0.25) is 11.9 Å². The normalized spacial score (nSPS) is 14.0. The second-order valence-electron chi connectivity index (χ2n) is 7.20. The van der Waals surface area contributed by atoms with E-state index in [0.717, 1.165) is 42.0 Å². The summed E-state index contributed by atoms with van der Waals surface area (Å²) < 4.78 is 2.92. The molecule has 1 amide bonds. The molecule has 0 spiro atoms. The van der Waals surface area contributed by atoms with Crippen molar-refractivity contribution < 1.29 is 4.79 Å². The second-order valence-corrected chi connectivity index (χ2v) is 9.06. The number of amides is 1. The summed E-state index contributed by atoms with van der Waals surface area (Å²) in [6.07, 6.45) is 5.22. The van der Waals surface area contributed by atoms with E-state index in [-0.39, 0.29) is 11.7 Å². The molecule has 1 saturated heterocycles. The Hall–Kier alpha value is -2.39. The van der Waals surface area contributed by atoms with E-state index in [2.05, 4.69) is 77.1 Å². The van der Waals surface area contributed by atoms with Gasteiger partial charge in [-0.3, -0.25) is 9.36 Å². The van der Waals surface area contributed by atoms with Crippen molar-refractivity contribution in [2.45, 2.75) is 31.3 Å². The number of nitrogens with one attached hydrogen (secondary N) is 1. The van der Waals surface area contributed by atoms with Crippen LogP contribution >= 0.6 is 27.7 Å². The SMILES string of the molecule is Cc1ccc(-n2c(SCC(=O)Nc3ccc(Br)cn3)nnc2N2CCCCC2)cc1. The van der Waals surface area contributed by atoms with Crippen molar-refractivity contribution in [3.63, 3.8) is 0 Å². The van der Waals surface area contributed by atoms with Crippen molar-refractivity contribution in [2.75, 3.05) is 29.1 Å². The fraction of sp³-hybridized carbons (Fsp3) is 0.333. The number of hydrogen-bond acceptors (Lipinski definition) is 6. The second kappa shape index (κ2) is 9.61. The Labute approximate surface area is 188 Å². The highest BCUT2D eigenvalue weighted by Gasteiger charge is 2.22. The minimum Gasteiger partial charge on any atom is -0.341 e. The number of hydrogen-bond donors (Lipinski definition) is 1. The minimum atomic E-state index is -0.132. The van der Waals surface area contributed by atoms with Crippen LogP contribution < -0.4 is 10.2 Å². The van der Waals surface area contributed by atoms with Gasteiger partial charge in [-0.1, -0.05) is 29.5 Å². The van der Waals surface area contributed by atoms with Crippen molar-refractivity contribution in [1.29, 1.82) is 0 Å². The Morgan fingerprint density at radius 1 is 1.10 bits per heavy atom. The molecule has 30 heavy (non-hydrogen) atoms. The number of thioether (sulfide) groups is 1. The van der Waals surface area contributed by atoms with Crippen molar-refractivity contribution in [3.05, 3.63) is 52.6 Å². The lowest BCUT2D eigenvalue weighted by Crippen LogP contribution is -2.31. The third-order valence-electron chi connectivity index (χ3n) is 4.87. The fourth-order valence-corrected chi connectivity index (χ4v) is 4.31. The molecule has 1 aromatic carbocycles. The number of anilines is 2.